The molecule has 0 spiro atoms. The van der Waals surface area contributed by atoms with E-state index in [4.69, 9.17) is 5.73 Å². The Kier molecular flexibility index (Phi) is 6.44. The third-order valence-electron chi connectivity index (χ3n) is 5.89. The number of nitrogens with zero attached hydrogens (tertiary/aromatic N) is 5. The average Bonchev–Trinajstić information content (AvgIpc) is 2.77. The fourth-order valence-electron chi connectivity index (χ4n) is 4.02. The lowest BCUT2D eigenvalue weighted by Crippen LogP contribution is -2.43. The minimum absolute atomic E-state index is 0.164. The molecule has 3 heterocycles. The number of likely N-dealkylation sites (N-methyl/N-ethyl adjacent to an activating group) is 1. The Morgan fingerprint density at radius 3 is 2.40 bits per heavy atom. The smallest absolute Gasteiger partial charge is 0.271 e. The molecule has 0 atom stereocenters. The summed E-state index contributed by atoms with van der Waals surface area (Å²) in [4.78, 5) is 27.9. The molecule has 4 rings (SSSR count). The molecule has 2 aliphatic rings. The molecule has 0 unspecified atom stereocenters. The zero-order valence-corrected chi connectivity index (χ0v) is 17.7. The summed E-state index contributed by atoms with van der Waals surface area (Å²) in [5.41, 5.74) is 7.83. The fraction of sp³-hybridized carbons (Fsp3) is 0.500. The maximum Gasteiger partial charge on any atom is 0.271 e. The molecule has 2 saturated heterocycles. The average molecular weight is 410 g/mol. The summed E-state index contributed by atoms with van der Waals surface area (Å²) in [5, 5.41) is 3.25. The van der Waals surface area contributed by atoms with Crippen molar-refractivity contribution in [3.63, 3.8) is 0 Å². The number of aromatic nitrogens is 2. The lowest BCUT2D eigenvalue weighted by molar-refractivity contribution is 0.0996. The first-order valence-electron chi connectivity index (χ1n) is 10.8. The molecule has 2 fully saturated rings. The second-order valence-corrected chi connectivity index (χ2v) is 8.24. The molecule has 160 valence electrons. The normalized spacial score (nSPS) is 18.4. The van der Waals surface area contributed by atoms with E-state index < -0.39 is 5.91 Å². The third-order valence-corrected chi connectivity index (χ3v) is 5.89. The van der Waals surface area contributed by atoms with Crippen LogP contribution in [0, 0.1) is 0 Å². The molecule has 2 aromatic rings. The highest BCUT2D eigenvalue weighted by atomic mass is 16.1. The predicted molar refractivity (Wildman–Crippen MR) is 119 cm³/mol. The van der Waals surface area contributed by atoms with E-state index in [0.29, 0.717) is 5.82 Å². The lowest BCUT2D eigenvalue weighted by atomic mass is 10.1. The maximum absolute atomic E-state index is 11.9. The summed E-state index contributed by atoms with van der Waals surface area (Å²) in [7, 11) is 2.17. The molecule has 1 aromatic carbocycles. The largest absolute Gasteiger partial charge is 0.364 e. The van der Waals surface area contributed by atoms with E-state index in [1.165, 1.54) is 12.0 Å². The van der Waals surface area contributed by atoms with Crippen LogP contribution in [0.5, 0.6) is 0 Å². The number of anilines is 3. The van der Waals surface area contributed by atoms with Crippen molar-refractivity contribution in [2.75, 3.05) is 56.5 Å². The number of amides is 1. The summed E-state index contributed by atoms with van der Waals surface area (Å²) in [6.45, 7) is 7.29. The van der Waals surface area contributed by atoms with E-state index in [9.17, 15) is 4.79 Å². The van der Waals surface area contributed by atoms with Gasteiger partial charge < -0.3 is 20.9 Å². The predicted octanol–water partition coefficient (Wildman–Crippen LogP) is 2.06. The molecule has 8 heteroatoms. The van der Waals surface area contributed by atoms with Crippen molar-refractivity contribution >= 4 is 23.2 Å². The molecular formula is C22H31N7O. The molecule has 0 radical (unpaired) electrons. The first-order chi connectivity index (χ1) is 14.6. The van der Waals surface area contributed by atoms with Gasteiger partial charge in [0.05, 0.1) is 6.20 Å². The third kappa shape index (κ3) is 5.06. The molecule has 0 bridgehead atoms. The van der Waals surface area contributed by atoms with Crippen molar-refractivity contribution in [2.24, 2.45) is 5.73 Å². The van der Waals surface area contributed by atoms with Gasteiger partial charge in [0.15, 0.2) is 11.5 Å². The second kappa shape index (κ2) is 9.40. The molecule has 1 aromatic heterocycles. The van der Waals surface area contributed by atoms with Crippen molar-refractivity contribution in [1.82, 2.24) is 19.8 Å². The molecule has 1 amide bonds. The Hall–Kier alpha value is -2.71. The molecule has 0 aliphatic carbocycles. The van der Waals surface area contributed by atoms with Crippen molar-refractivity contribution < 1.29 is 4.79 Å². The van der Waals surface area contributed by atoms with E-state index in [1.54, 1.807) is 6.20 Å². The van der Waals surface area contributed by atoms with Crippen molar-refractivity contribution in [1.29, 1.82) is 0 Å². The first-order valence-corrected chi connectivity index (χ1v) is 10.8. The molecule has 3 N–H and O–H groups in total. The molecule has 2 aliphatic heterocycles. The minimum atomic E-state index is -0.582. The first kappa shape index (κ1) is 20.6. The van der Waals surface area contributed by atoms with Crippen LogP contribution in [-0.2, 0) is 6.54 Å². The van der Waals surface area contributed by atoms with E-state index >= 15 is 0 Å². The van der Waals surface area contributed by atoms with Gasteiger partial charge in [-0.15, -0.1) is 0 Å². The zero-order chi connectivity index (χ0) is 20.9. The molecule has 0 saturated carbocycles. The van der Waals surface area contributed by atoms with Crippen LogP contribution in [0.1, 0.15) is 35.3 Å². The van der Waals surface area contributed by atoms with Crippen molar-refractivity contribution in [2.45, 2.75) is 25.8 Å². The molecule has 30 heavy (non-hydrogen) atoms. The van der Waals surface area contributed by atoms with Gasteiger partial charge in [-0.05, 0) is 44.0 Å². The van der Waals surface area contributed by atoms with E-state index in [1.807, 2.05) is 12.1 Å². The summed E-state index contributed by atoms with van der Waals surface area (Å²) in [6.07, 6.45) is 5.19. The number of carbonyl (C=O) groups excluding carboxylic acids is 1. The lowest BCUT2D eigenvalue weighted by Gasteiger charge is -2.32. The standard InChI is InChI=1S/C22H31N7O/c1-27-11-13-28(14-12-27)16-17-5-7-18(8-6-17)25-22-20(21(23)30)24-15-19(26-22)29-9-3-2-4-10-29/h5-8,15H,2-4,9-14,16H2,1H3,(H2,23,30)(H,25,26). The van der Waals surface area contributed by atoms with Gasteiger partial charge in [0.2, 0.25) is 0 Å². The highest BCUT2D eigenvalue weighted by molar-refractivity contribution is 5.96. The quantitative estimate of drug-likeness (QED) is 0.755. The summed E-state index contributed by atoms with van der Waals surface area (Å²) in [6, 6.07) is 8.27. The fourth-order valence-corrected chi connectivity index (χ4v) is 4.02. The Labute approximate surface area is 178 Å². The number of nitrogens with one attached hydrogen (secondary N) is 1. The van der Waals surface area contributed by atoms with Gasteiger partial charge in [0, 0.05) is 51.5 Å². The van der Waals surface area contributed by atoms with Gasteiger partial charge in [-0.1, -0.05) is 12.1 Å². The van der Waals surface area contributed by atoms with E-state index in [-0.39, 0.29) is 5.69 Å². The van der Waals surface area contributed by atoms with Crippen LogP contribution in [0.4, 0.5) is 17.3 Å². The minimum Gasteiger partial charge on any atom is -0.364 e. The van der Waals surface area contributed by atoms with Crippen molar-refractivity contribution in [3.05, 3.63) is 41.7 Å². The monoisotopic (exact) mass is 409 g/mol. The zero-order valence-electron chi connectivity index (χ0n) is 17.7. The van der Waals surface area contributed by atoms with E-state index in [0.717, 1.165) is 70.2 Å². The van der Waals surface area contributed by atoms with Crippen LogP contribution < -0.4 is 16.0 Å². The van der Waals surface area contributed by atoms with Gasteiger partial charge in [-0.25, -0.2) is 9.97 Å². The van der Waals surface area contributed by atoms with Gasteiger partial charge in [0.25, 0.3) is 5.91 Å². The number of rotatable bonds is 6. The van der Waals surface area contributed by atoms with E-state index in [2.05, 4.69) is 49.2 Å². The van der Waals surface area contributed by atoms with Gasteiger partial charge in [0.1, 0.15) is 5.82 Å². The number of piperazine rings is 1. The van der Waals surface area contributed by atoms with Crippen LogP contribution >= 0.6 is 0 Å². The van der Waals surface area contributed by atoms with Crippen molar-refractivity contribution in [3.8, 4) is 0 Å². The summed E-state index contributed by atoms with van der Waals surface area (Å²) < 4.78 is 0. The molecular weight excluding hydrogens is 378 g/mol. The van der Waals surface area contributed by atoms with Crippen LogP contribution in [0.2, 0.25) is 0 Å². The Morgan fingerprint density at radius 1 is 1.03 bits per heavy atom. The molecule has 8 nitrogen and oxygen atoms in total. The summed E-state index contributed by atoms with van der Waals surface area (Å²) >= 11 is 0. The van der Waals surface area contributed by atoms with Crippen LogP contribution in [0.3, 0.4) is 0 Å². The highest BCUT2D eigenvalue weighted by Gasteiger charge is 2.18. The van der Waals surface area contributed by atoms with Crippen LogP contribution in [0.25, 0.3) is 0 Å². The maximum atomic E-state index is 11.9. The van der Waals surface area contributed by atoms with Gasteiger partial charge in [-0.3, -0.25) is 9.69 Å². The number of piperidine rings is 1. The van der Waals surface area contributed by atoms with Crippen LogP contribution in [0.15, 0.2) is 30.5 Å². The SMILES string of the molecule is CN1CCN(Cc2ccc(Nc3nc(N4CCCCC4)cnc3C(N)=O)cc2)CC1. The Bertz CT molecular complexity index is 856. The highest BCUT2D eigenvalue weighted by Crippen LogP contribution is 2.23. The number of hydrogen-bond acceptors (Lipinski definition) is 7. The number of carbonyl (C=O) groups is 1. The number of nitrogens with two attached hydrogens (primary N) is 1. The topological polar surface area (TPSA) is 90.6 Å². The number of primary amides is 1. The second-order valence-electron chi connectivity index (χ2n) is 8.24. The Morgan fingerprint density at radius 2 is 1.73 bits per heavy atom. The van der Waals surface area contributed by atoms with Gasteiger partial charge in [-0.2, -0.15) is 0 Å². The number of benzene rings is 1. The number of hydrogen-bond donors (Lipinski definition) is 2. The van der Waals surface area contributed by atoms with Gasteiger partial charge >= 0.3 is 0 Å². The summed E-state index contributed by atoms with van der Waals surface area (Å²) in [5.74, 6) is 0.619. The van der Waals surface area contributed by atoms with Crippen LogP contribution in [-0.4, -0.2) is 72.0 Å². The Balaban J connectivity index is 1.46.